The van der Waals surface area contributed by atoms with Crippen LogP contribution in [0.3, 0.4) is 0 Å². The first-order chi connectivity index (χ1) is 14.0. The lowest BCUT2D eigenvalue weighted by Crippen LogP contribution is -2.36. The number of halogens is 1. The highest BCUT2D eigenvalue weighted by Crippen LogP contribution is 2.33. The third kappa shape index (κ3) is 6.45. The fourth-order valence-corrected chi connectivity index (χ4v) is 5.08. The number of anilines is 1. The van der Waals surface area contributed by atoms with Gasteiger partial charge < -0.3 is 4.90 Å². The maximum Gasteiger partial charge on any atom is 0.228 e. The molecule has 0 saturated carbocycles. The molecule has 0 saturated heterocycles. The zero-order valence-corrected chi connectivity index (χ0v) is 20.5. The molecule has 162 valence electrons. The summed E-state index contributed by atoms with van der Waals surface area (Å²) in [5.41, 5.74) is 3.40. The molecule has 0 atom stereocenters. The predicted molar refractivity (Wildman–Crippen MR) is 134 cm³/mol. The fraction of sp³-hybridized carbons (Fsp3) is 0.391. The number of benzene rings is 2. The third-order valence-electron chi connectivity index (χ3n) is 4.78. The van der Waals surface area contributed by atoms with Crippen LogP contribution < -0.4 is 4.90 Å². The molecule has 0 unspecified atom stereocenters. The van der Waals surface area contributed by atoms with Crippen LogP contribution in [0.5, 0.6) is 0 Å². The molecule has 30 heavy (non-hydrogen) atoms. The van der Waals surface area contributed by atoms with Gasteiger partial charge >= 0.3 is 0 Å². The van der Waals surface area contributed by atoms with Crippen molar-refractivity contribution in [2.24, 2.45) is 0 Å². The summed E-state index contributed by atoms with van der Waals surface area (Å²) >= 11 is 3.44. The lowest BCUT2D eigenvalue weighted by molar-refractivity contribution is -0.118. The van der Waals surface area contributed by atoms with E-state index in [1.165, 1.54) is 15.2 Å². The number of likely N-dealkylation sites (N-methyl/N-ethyl adjacent to an activating group) is 1. The second-order valence-corrected chi connectivity index (χ2v) is 9.63. The van der Waals surface area contributed by atoms with Gasteiger partial charge in [0.2, 0.25) is 5.91 Å². The van der Waals surface area contributed by atoms with Gasteiger partial charge in [0.1, 0.15) is 0 Å². The molecule has 0 N–H and O–H groups in total. The minimum absolute atomic E-state index is 0. The summed E-state index contributed by atoms with van der Waals surface area (Å²) in [6.45, 7) is 5.67. The zero-order valence-electron chi connectivity index (χ0n) is 18.1. The lowest BCUT2D eigenvalue weighted by Gasteiger charge is -2.22. The minimum Gasteiger partial charge on any atom is -0.308 e. The smallest absolute Gasteiger partial charge is 0.228 e. The summed E-state index contributed by atoms with van der Waals surface area (Å²) in [5.74, 6) is 1.10. The third-order valence-corrected chi connectivity index (χ3v) is 7.09. The molecule has 0 aliphatic heterocycles. The molecule has 0 radical (unpaired) electrons. The van der Waals surface area contributed by atoms with E-state index in [1.807, 2.05) is 37.2 Å². The number of aromatic nitrogens is 1. The lowest BCUT2D eigenvalue weighted by atomic mass is 10.1. The average Bonchev–Trinajstić information content (AvgIpc) is 3.15. The normalized spacial score (nSPS) is 11.0. The summed E-state index contributed by atoms with van der Waals surface area (Å²) in [5, 5.41) is 0.819. The summed E-state index contributed by atoms with van der Waals surface area (Å²) in [6.07, 6.45) is 1.40. The summed E-state index contributed by atoms with van der Waals surface area (Å²) < 4.78 is 1.18. The standard InChI is InChI=1S/C23H29N3OS2.ClH/c1-17-12-13-18(2)22-21(17)24-23(29-22)26(15-14-25(3)4)20(27)11-8-16-28-19-9-6-5-7-10-19;/h5-7,9-10,12-13H,8,11,14-16H2,1-4H3;1H. The maximum atomic E-state index is 13.1. The highest BCUT2D eigenvalue weighted by molar-refractivity contribution is 7.99. The number of hydrogen-bond donors (Lipinski definition) is 0. The maximum absolute atomic E-state index is 13.1. The van der Waals surface area contributed by atoms with Gasteiger partial charge in [-0.3, -0.25) is 9.69 Å². The van der Waals surface area contributed by atoms with Gasteiger partial charge in [0.25, 0.3) is 0 Å². The quantitative estimate of drug-likeness (QED) is 0.296. The van der Waals surface area contributed by atoms with E-state index in [2.05, 4.69) is 43.0 Å². The van der Waals surface area contributed by atoms with Crippen molar-refractivity contribution in [3.8, 4) is 0 Å². The molecule has 0 aliphatic carbocycles. The fourth-order valence-electron chi connectivity index (χ4n) is 3.06. The molecular formula is C23H30ClN3OS2. The van der Waals surface area contributed by atoms with Gasteiger partial charge in [-0.05, 0) is 63.4 Å². The molecule has 7 heteroatoms. The number of amides is 1. The van der Waals surface area contributed by atoms with Gasteiger partial charge in [-0.2, -0.15) is 0 Å². The van der Waals surface area contributed by atoms with E-state index in [1.54, 1.807) is 23.1 Å². The summed E-state index contributed by atoms with van der Waals surface area (Å²) in [6, 6.07) is 14.6. The highest BCUT2D eigenvalue weighted by atomic mass is 35.5. The van der Waals surface area contributed by atoms with Crippen LogP contribution in [0.15, 0.2) is 47.4 Å². The number of aryl methyl sites for hydroxylation is 2. The molecule has 3 rings (SSSR count). The van der Waals surface area contributed by atoms with Crippen LogP contribution in [0.25, 0.3) is 10.2 Å². The van der Waals surface area contributed by atoms with E-state index in [4.69, 9.17) is 4.98 Å². The second kappa shape index (κ2) is 11.7. The van der Waals surface area contributed by atoms with Gasteiger partial charge in [-0.15, -0.1) is 24.2 Å². The van der Waals surface area contributed by atoms with Crippen molar-refractivity contribution in [1.82, 2.24) is 9.88 Å². The van der Waals surface area contributed by atoms with E-state index < -0.39 is 0 Å². The molecular weight excluding hydrogens is 434 g/mol. The summed E-state index contributed by atoms with van der Waals surface area (Å²) in [7, 11) is 4.07. The first-order valence-corrected chi connectivity index (χ1v) is 11.8. The van der Waals surface area contributed by atoms with Gasteiger partial charge in [0, 0.05) is 24.4 Å². The monoisotopic (exact) mass is 463 g/mol. The molecule has 0 spiro atoms. The van der Waals surface area contributed by atoms with E-state index in [0.29, 0.717) is 13.0 Å². The van der Waals surface area contributed by atoms with Crippen LogP contribution in [-0.4, -0.2) is 48.7 Å². The molecule has 1 heterocycles. The Kier molecular flexibility index (Phi) is 9.62. The van der Waals surface area contributed by atoms with Crippen LogP contribution >= 0.6 is 35.5 Å². The van der Waals surface area contributed by atoms with Crippen molar-refractivity contribution < 1.29 is 4.79 Å². The molecule has 1 aromatic heterocycles. The van der Waals surface area contributed by atoms with Crippen LogP contribution in [0.2, 0.25) is 0 Å². The molecule has 0 fully saturated rings. The van der Waals surface area contributed by atoms with Gasteiger partial charge in [0.15, 0.2) is 5.13 Å². The number of thiazole rings is 1. The molecule has 0 bridgehead atoms. The molecule has 1 amide bonds. The number of nitrogens with zero attached hydrogens (tertiary/aromatic N) is 3. The largest absolute Gasteiger partial charge is 0.308 e. The first kappa shape index (κ1) is 24.7. The highest BCUT2D eigenvalue weighted by Gasteiger charge is 2.20. The van der Waals surface area contributed by atoms with Crippen molar-refractivity contribution in [3.05, 3.63) is 53.6 Å². The number of thioether (sulfide) groups is 1. The van der Waals surface area contributed by atoms with Gasteiger partial charge in [-0.1, -0.05) is 41.7 Å². The van der Waals surface area contributed by atoms with E-state index in [0.717, 1.165) is 34.9 Å². The predicted octanol–water partition coefficient (Wildman–Crippen LogP) is 5.80. The van der Waals surface area contributed by atoms with Crippen molar-refractivity contribution in [1.29, 1.82) is 0 Å². The Morgan fingerprint density at radius 2 is 1.73 bits per heavy atom. The Hall–Kier alpha value is -1.60. The number of hydrogen-bond acceptors (Lipinski definition) is 5. The Labute approximate surface area is 194 Å². The first-order valence-electron chi connectivity index (χ1n) is 9.95. The average molecular weight is 464 g/mol. The Morgan fingerprint density at radius 3 is 2.40 bits per heavy atom. The topological polar surface area (TPSA) is 36.4 Å². The van der Waals surface area contributed by atoms with Crippen LogP contribution in [0.1, 0.15) is 24.0 Å². The SMILES string of the molecule is Cc1ccc(C)c2sc(N(CCN(C)C)C(=O)CCCSc3ccccc3)nc12.Cl. The van der Waals surface area contributed by atoms with Crippen LogP contribution in [0.4, 0.5) is 5.13 Å². The number of fused-ring (bicyclic) bond motifs is 1. The van der Waals surface area contributed by atoms with Crippen molar-refractivity contribution in [3.63, 3.8) is 0 Å². The van der Waals surface area contributed by atoms with Gasteiger partial charge in [0.05, 0.1) is 10.2 Å². The zero-order chi connectivity index (χ0) is 20.8. The molecule has 3 aromatic rings. The van der Waals surface area contributed by atoms with Crippen LogP contribution in [0, 0.1) is 13.8 Å². The van der Waals surface area contributed by atoms with E-state index >= 15 is 0 Å². The van der Waals surface area contributed by atoms with E-state index in [9.17, 15) is 4.79 Å². The second-order valence-electron chi connectivity index (χ2n) is 7.49. The molecule has 2 aromatic carbocycles. The number of carbonyl (C=O) groups excluding carboxylic acids is 1. The van der Waals surface area contributed by atoms with Crippen molar-refractivity contribution in [2.45, 2.75) is 31.6 Å². The van der Waals surface area contributed by atoms with Crippen molar-refractivity contribution in [2.75, 3.05) is 37.8 Å². The van der Waals surface area contributed by atoms with Gasteiger partial charge in [-0.25, -0.2) is 4.98 Å². The minimum atomic E-state index is 0. The van der Waals surface area contributed by atoms with E-state index in [-0.39, 0.29) is 18.3 Å². The Bertz CT molecular complexity index is 921. The Morgan fingerprint density at radius 1 is 1.03 bits per heavy atom. The van der Waals surface area contributed by atoms with Crippen LogP contribution in [-0.2, 0) is 4.79 Å². The molecule has 0 aliphatic rings. The molecule has 4 nitrogen and oxygen atoms in total. The number of rotatable bonds is 9. The number of carbonyl (C=O) groups is 1. The summed E-state index contributed by atoms with van der Waals surface area (Å²) in [4.78, 5) is 23.2. The Balaban J connectivity index is 0.00000320. The van der Waals surface area contributed by atoms with Crippen molar-refractivity contribution >= 4 is 56.8 Å².